The van der Waals surface area contributed by atoms with Crippen molar-refractivity contribution in [1.29, 1.82) is 0 Å². The van der Waals surface area contributed by atoms with E-state index in [9.17, 15) is 4.79 Å². The Balaban J connectivity index is 4.52. The molecule has 0 radical (unpaired) electrons. The van der Waals surface area contributed by atoms with Crippen molar-refractivity contribution >= 4 is 22.5 Å². The van der Waals surface area contributed by atoms with E-state index in [0.717, 1.165) is 0 Å². The second kappa shape index (κ2) is 5.70. The van der Waals surface area contributed by atoms with E-state index in [-0.39, 0.29) is 16.0 Å². The summed E-state index contributed by atoms with van der Waals surface area (Å²) in [4.78, 5) is 15.5. The van der Waals surface area contributed by atoms with Crippen LogP contribution in [0.5, 0.6) is 0 Å². The summed E-state index contributed by atoms with van der Waals surface area (Å²) in [6.07, 6.45) is 0. The van der Waals surface area contributed by atoms with Crippen LogP contribution >= 0.6 is 0 Å². The molecule has 0 spiro atoms. The van der Waals surface area contributed by atoms with Crippen LogP contribution in [0, 0.1) is 0 Å². The molecular weight excluding hydrogens is 270 g/mol. The van der Waals surface area contributed by atoms with Gasteiger partial charge in [-0.3, -0.25) is 4.79 Å². The fourth-order valence-corrected chi connectivity index (χ4v) is 3.10. The van der Waals surface area contributed by atoms with Crippen LogP contribution in [0.25, 0.3) is 0 Å². The minimum Gasteiger partial charge on any atom is -0.518 e. The Morgan fingerprint density at radius 2 is 1.37 bits per heavy atom. The van der Waals surface area contributed by atoms with Gasteiger partial charge in [0.2, 0.25) is 0 Å². The summed E-state index contributed by atoms with van der Waals surface area (Å²) in [6, 6.07) is 0. The van der Waals surface area contributed by atoms with Gasteiger partial charge in [-0.25, -0.2) is 0 Å². The molecule has 0 saturated heterocycles. The average molecular weight is 304 g/mol. The summed E-state index contributed by atoms with van der Waals surface area (Å²) in [5.74, 6) is -0.101. The maximum atomic E-state index is 12.1. The maximum absolute atomic E-state index is 12.1. The first-order valence-electron chi connectivity index (χ1n) is 7.07. The average Bonchev–Trinajstić information content (AvgIpc) is 2.10. The Hall–Kier alpha value is -0.136. The van der Waals surface area contributed by atoms with E-state index in [2.05, 4.69) is 72.7 Å². The zero-order valence-electron chi connectivity index (χ0n) is 14.5. The van der Waals surface area contributed by atoms with E-state index in [1.54, 1.807) is 0 Å². The lowest BCUT2D eigenvalue weighted by molar-refractivity contribution is -0.134. The highest BCUT2D eigenvalue weighted by Gasteiger charge is 2.41. The molecule has 0 aliphatic rings. The first kappa shape index (κ1) is 18.9. The van der Waals surface area contributed by atoms with Crippen LogP contribution in [0.1, 0.15) is 41.5 Å². The Kier molecular flexibility index (Phi) is 5.66. The normalized spacial score (nSPS) is 14.4. The molecule has 5 heteroatoms. The standard InChI is InChI=1S/C14H33NO2Si2/c1-13(2,3)18(7,8)15-11-12(16)17-19(9,10)14(4,5)6/h15H,11H2,1-10H3. The summed E-state index contributed by atoms with van der Waals surface area (Å²) < 4.78 is 5.77. The van der Waals surface area contributed by atoms with Gasteiger partial charge in [0.15, 0.2) is 0 Å². The van der Waals surface area contributed by atoms with Crippen LogP contribution in [-0.4, -0.2) is 29.1 Å². The lowest BCUT2D eigenvalue weighted by Crippen LogP contribution is -2.55. The highest BCUT2D eigenvalue weighted by Crippen LogP contribution is 2.37. The molecule has 0 heterocycles. The predicted molar refractivity (Wildman–Crippen MR) is 88.5 cm³/mol. The van der Waals surface area contributed by atoms with Crippen LogP contribution in [-0.2, 0) is 9.22 Å². The molecule has 114 valence electrons. The molecule has 0 aliphatic carbocycles. The van der Waals surface area contributed by atoms with Crippen LogP contribution < -0.4 is 4.98 Å². The lowest BCUT2D eigenvalue weighted by atomic mass is 10.2. The molecule has 19 heavy (non-hydrogen) atoms. The first-order chi connectivity index (χ1) is 8.10. The van der Waals surface area contributed by atoms with E-state index in [0.29, 0.717) is 6.54 Å². The third kappa shape index (κ3) is 5.40. The van der Waals surface area contributed by atoms with Gasteiger partial charge in [0.25, 0.3) is 8.32 Å². The number of rotatable bonds is 4. The second-order valence-electron chi connectivity index (χ2n) is 8.46. The van der Waals surface area contributed by atoms with Gasteiger partial charge in [-0.15, -0.1) is 0 Å². The predicted octanol–water partition coefficient (Wildman–Crippen LogP) is 4.13. The Labute approximate surface area is 121 Å². The second-order valence-corrected chi connectivity index (χ2v) is 18.3. The number of nitrogens with one attached hydrogen (secondary N) is 1. The highest BCUT2D eigenvalue weighted by molar-refractivity contribution is 6.78. The van der Waals surface area contributed by atoms with Gasteiger partial charge in [0.05, 0.1) is 6.54 Å². The van der Waals surface area contributed by atoms with Gasteiger partial charge < -0.3 is 9.41 Å². The molecule has 0 aliphatic heterocycles. The van der Waals surface area contributed by atoms with Gasteiger partial charge >= 0.3 is 5.97 Å². The van der Waals surface area contributed by atoms with Crippen LogP contribution in [0.4, 0.5) is 0 Å². The van der Waals surface area contributed by atoms with Crippen LogP contribution in [0.3, 0.4) is 0 Å². The molecule has 0 atom stereocenters. The number of hydrogen-bond donors (Lipinski definition) is 1. The fraction of sp³-hybridized carbons (Fsp3) is 0.929. The fourth-order valence-electron chi connectivity index (χ4n) is 1.03. The third-order valence-corrected chi connectivity index (χ3v) is 13.9. The summed E-state index contributed by atoms with van der Waals surface area (Å²) >= 11 is 0. The summed E-state index contributed by atoms with van der Waals surface area (Å²) in [6.45, 7) is 22.2. The largest absolute Gasteiger partial charge is 0.518 e. The first-order valence-corrected chi connectivity index (χ1v) is 13.0. The van der Waals surface area contributed by atoms with Gasteiger partial charge in [-0.05, 0) is 23.2 Å². The monoisotopic (exact) mass is 303 g/mol. The molecular formula is C14H33NO2Si2. The van der Waals surface area contributed by atoms with Crippen molar-refractivity contribution in [3.63, 3.8) is 0 Å². The maximum Gasteiger partial charge on any atom is 0.306 e. The minimum absolute atomic E-state index is 0.0691. The SMILES string of the molecule is CC(C)(C)[Si](C)(C)NCC(=O)O[Si](C)(C)C(C)(C)C. The van der Waals surface area contributed by atoms with Crippen molar-refractivity contribution in [2.24, 2.45) is 0 Å². The third-order valence-electron chi connectivity index (χ3n) is 4.72. The van der Waals surface area contributed by atoms with Crippen molar-refractivity contribution in [2.75, 3.05) is 6.54 Å². The Bertz CT molecular complexity index is 325. The molecule has 3 nitrogen and oxygen atoms in total. The number of hydrogen-bond acceptors (Lipinski definition) is 3. The van der Waals surface area contributed by atoms with E-state index < -0.39 is 16.6 Å². The van der Waals surface area contributed by atoms with Crippen molar-refractivity contribution in [3.05, 3.63) is 0 Å². The Morgan fingerprint density at radius 1 is 0.947 bits per heavy atom. The molecule has 0 saturated carbocycles. The van der Waals surface area contributed by atoms with E-state index in [4.69, 9.17) is 4.43 Å². The van der Waals surface area contributed by atoms with Crippen LogP contribution in [0.2, 0.25) is 36.3 Å². The minimum atomic E-state index is -1.98. The smallest absolute Gasteiger partial charge is 0.306 e. The summed E-state index contributed by atoms with van der Waals surface area (Å²) in [5.41, 5.74) is 0. The number of carbonyl (C=O) groups excluding carboxylic acids is 1. The Morgan fingerprint density at radius 3 is 1.68 bits per heavy atom. The van der Waals surface area contributed by atoms with Gasteiger partial charge in [-0.1, -0.05) is 54.6 Å². The molecule has 0 aromatic heterocycles. The van der Waals surface area contributed by atoms with E-state index in [1.807, 2.05) is 0 Å². The van der Waals surface area contributed by atoms with E-state index >= 15 is 0 Å². The topological polar surface area (TPSA) is 38.3 Å². The molecule has 0 unspecified atom stereocenters. The number of carbonyl (C=O) groups is 1. The quantitative estimate of drug-likeness (QED) is 0.794. The molecule has 0 aromatic carbocycles. The lowest BCUT2D eigenvalue weighted by Gasteiger charge is -2.38. The summed E-state index contributed by atoms with van der Waals surface area (Å²) in [7, 11) is -3.61. The highest BCUT2D eigenvalue weighted by atomic mass is 28.4. The van der Waals surface area contributed by atoms with Crippen molar-refractivity contribution in [1.82, 2.24) is 4.98 Å². The molecule has 0 bridgehead atoms. The molecule has 0 fully saturated rings. The summed E-state index contributed by atoms with van der Waals surface area (Å²) in [5, 5.41) is 0.296. The van der Waals surface area contributed by atoms with Crippen LogP contribution in [0.15, 0.2) is 0 Å². The zero-order chi connectivity index (χ0) is 15.7. The van der Waals surface area contributed by atoms with Gasteiger partial charge in [0, 0.05) is 0 Å². The molecule has 1 N–H and O–H groups in total. The van der Waals surface area contributed by atoms with E-state index in [1.165, 1.54) is 0 Å². The molecule has 0 rings (SSSR count). The van der Waals surface area contributed by atoms with Crippen molar-refractivity contribution in [3.8, 4) is 0 Å². The van der Waals surface area contributed by atoms with Gasteiger partial charge in [0.1, 0.15) is 8.24 Å². The zero-order valence-corrected chi connectivity index (χ0v) is 16.5. The molecule has 0 aromatic rings. The van der Waals surface area contributed by atoms with Gasteiger partial charge in [-0.2, -0.15) is 0 Å². The van der Waals surface area contributed by atoms with Crippen molar-refractivity contribution < 1.29 is 9.22 Å². The molecule has 0 amide bonds. The van der Waals surface area contributed by atoms with Crippen molar-refractivity contribution in [2.45, 2.75) is 77.8 Å².